The minimum Gasteiger partial charge on any atom is -0.481 e. The van der Waals surface area contributed by atoms with E-state index >= 15 is 0 Å². The van der Waals surface area contributed by atoms with Crippen molar-refractivity contribution in [1.82, 2.24) is 15.3 Å². The minimum absolute atomic E-state index is 0.122. The molecule has 0 aromatic carbocycles. The average Bonchev–Trinajstić information content (AvgIpc) is 2.79. The van der Waals surface area contributed by atoms with Crippen LogP contribution in [-0.2, 0) is 16.3 Å². The molecule has 1 fully saturated rings. The lowest BCUT2D eigenvalue weighted by Gasteiger charge is -2.23. The number of nitrogens with zero attached hydrogens (tertiary/aromatic N) is 2. The molecule has 1 aliphatic heterocycles. The average molecular weight is 299 g/mol. The van der Waals surface area contributed by atoms with Crippen LogP contribution in [0.2, 0.25) is 0 Å². The van der Waals surface area contributed by atoms with E-state index in [1.807, 2.05) is 6.92 Å². The summed E-state index contributed by atoms with van der Waals surface area (Å²) in [5.74, 6) is 1.25. The Hall–Kier alpha value is -1.21. The second kappa shape index (κ2) is 6.49. The van der Waals surface area contributed by atoms with Gasteiger partial charge in [0.15, 0.2) is 9.84 Å². The summed E-state index contributed by atoms with van der Waals surface area (Å²) in [5, 5.41) is 3.38. The lowest BCUT2D eigenvalue weighted by atomic mass is 9.95. The van der Waals surface area contributed by atoms with Gasteiger partial charge in [0, 0.05) is 24.2 Å². The summed E-state index contributed by atoms with van der Waals surface area (Å²) in [4.78, 5) is 8.22. The molecule has 2 unspecified atom stereocenters. The first-order chi connectivity index (χ1) is 9.54. The number of nitrogens with one attached hydrogen (secondary N) is 1. The van der Waals surface area contributed by atoms with Crippen molar-refractivity contribution in [3.63, 3.8) is 0 Å². The first-order valence-corrected chi connectivity index (χ1v) is 8.65. The van der Waals surface area contributed by atoms with Crippen LogP contribution in [0.25, 0.3) is 0 Å². The van der Waals surface area contributed by atoms with Gasteiger partial charge in [-0.3, -0.25) is 0 Å². The molecule has 20 heavy (non-hydrogen) atoms. The molecule has 1 saturated heterocycles. The topological polar surface area (TPSA) is 81.2 Å². The zero-order valence-corrected chi connectivity index (χ0v) is 12.7. The molecule has 0 radical (unpaired) electrons. The molecule has 0 bridgehead atoms. The quantitative estimate of drug-likeness (QED) is 0.821. The monoisotopic (exact) mass is 299 g/mol. The van der Waals surface area contributed by atoms with Crippen molar-refractivity contribution in [2.75, 3.05) is 25.2 Å². The molecule has 7 heteroatoms. The Morgan fingerprint density at radius 2 is 2.30 bits per heavy atom. The van der Waals surface area contributed by atoms with Gasteiger partial charge >= 0.3 is 0 Å². The zero-order valence-electron chi connectivity index (χ0n) is 11.9. The van der Waals surface area contributed by atoms with Gasteiger partial charge in [-0.1, -0.05) is 6.92 Å². The van der Waals surface area contributed by atoms with Crippen molar-refractivity contribution in [2.45, 2.75) is 25.8 Å². The Morgan fingerprint density at radius 1 is 1.50 bits per heavy atom. The van der Waals surface area contributed by atoms with Crippen molar-refractivity contribution >= 4 is 9.84 Å². The van der Waals surface area contributed by atoms with Crippen molar-refractivity contribution in [3.05, 3.63) is 18.1 Å². The first kappa shape index (κ1) is 15.2. The number of hydrogen-bond acceptors (Lipinski definition) is 6. The fourth-order valence-electron chi connectivity index (χ4n) is 2.63. The van der Waals surface area contributed by atoms with Gasteiger partial charge < -0.3 is 10.1 Å². The molecule has 1 aromatic heterocycles. The van der Waals surface area contributed by atoms with Crippen LogP contribution in [0.1, 0.15) is 19.0 Å². The van der Waals surface area contributed by atoms with Crippen LogP contribution >= 0.6 is 0 Å². The van der Waals surface area contributed by atoms with Gasteiger partial charge in [0.05, 0.1) is 18.6 Å². The van der Waals surface area contributed by atoms with Crippen LogP contribution in [0.4, 0.5) is 0 Å². The zero-order chi connectivity index (χ0) is 14.6. The molecular formula is C13H21N3O3S. The highest BCUT2D eigenvalue weighted by atomic mass is 32.2. The van der Waals surface area contributed by atoms with Gasteiger partial charge in [-0.15, -0.1) is 0 Å². The van der Waals surface area contributed by atoms with E-state index in [2.05, 4.69) is 15.3 Å². The summed E-state index contributed by atoms with van der Waals surface area (Å²) in [5.41, 5.74) is 0.868. The van der Waals surface area contributed by atoms with Crippen LogP contribution in [0.5, 0.6) is 5.88 Å². The van der Waals surface area contributed by atoms with E-state index in [4.69, 9.17) is 4.74 Å². The van der Waals surface area contributed by atoms with E-state index in [1.165, 1.54) is 6.33 Å². The number of likely N-dealkylation sites (N-methyl/N-ethyl adjacent to an activating group) is 1. The molecular weight excluding hydrogens is 278 g/mol. The maximum absolute atomic E-state index is 11.6. The third kappa shape index (κ3) is 3.89. The molecule has 1 aromatic rings. The largest absolute Gasteiger partial charge is 0.481 e. The number of methoxy groups -OCH3 is 1. The highest BCUT2D eigenvalue weighted by Crippen LogP contribution is 2.24. The Morgan fingerprint density at radius 3 is 2.90 bits per heavy atom. The summed E-state index contributed by atoms with van der Waals surface area (Å²) in [6.07, 6.45) is 2.89. The Balaban J connectivity index is 2.09. The molecule has 0 aliphatic carbocycles. The van der Waals surface area contributed by atoms with E-state index in [1.54, 1.807) is 13.2 Å². The van der Waals surface area contributed by atoms with Gasteiger partial charge in [0.25, 0.3) is 0 Å². The van der Waals surface area contributed by atoms with Crippen molar-refractivity contribution in [3.8, 4) is 5.88 Å². The van der Waals surface area contributed by atoms with Gasteiger partial charge in [0.1, 0.15) is 6.33 Å². The number of hydrogen-bond donors (Lipinski definition) is 1. The summed E-state index contributed by atoms with van der Waals surface area (Å²) in [6, 6.07) is 1.92. The number of aromatic nitrogens is 2. The van der Waals surface area contributed by atoms with Gasteiger partial charge in [-0.25, -0.2) is 18.4 Å². The Bertz CT molecular complexity index is 548. The van der Waals surface area contributed by atoms with Gasteiger partial charge in [-0.05, 0) is 18.9 Å². The fraction of sp³-hybridized carbons (Fsp3) is 0.692. The smallest absolute Gasteiger partial charge is 0.216 e. The van der Waals surface area contributed by atoms with Gasteiger partial charge in [0.2, 0.25) is 5.88 Å². The minimum atomic E-state index is -2.86. The molecule has 2 heterocycles. The molecule has 1 N–H and O–H groups in total. The highest BCUT2D eigenvalue weighted by Gasteiger charge is 2.33. The third-order valence-corrected chi connectivity index (χ3v) is 5.43. The molecule has 0 saturated carbocycles. The van der Waals surface area contributed by atoms with Crippen LogP contribution < -0.4 is 10.1 Å². The maximum atomic E-state index is 11.6. The highest BCUT2D eigenvalue weighted by molar-refractivity contribution is 7.91. The van der Waals surface area contributed by atoms with E-state index in [-0.39, 0.29) is 17.7 Å². The van der Waals surface area contributed by atoms with Crippen LogP contribution in [0.15, 0.2) is 12.4 Å². The van der Waals surface area contributed by atoms with Gasteiger partial charge in [-0.2, -0.15) is 0 Å². The van der Waals surface area contributed by atoms with Crippen molar-refractivity contribution in [1.29, 1.82) is 0 Å². The van der Waals surface area contributed by atoms with Crippen molar-refractivity contribution < 1.29 is 13.2 Å². The predicted octanol–water partition coefficient (Wildman–Crippen LogP) is 0.441. The molecule has 2 rings (SSSR count). The summed E-state index contributed by atoms with van der Waals surface area (Å²) >= 11 is 0. The van der Waals surface area contributed by atoms with E-state index in [9.17, 15) is 8.42 Å². The second-order valence-corrected chi connectivity index (χ2v) is 7.31. The Labute approximate surface area is 119 Å². The first-order valence-electron chi connectivity index (χ1n) is 6.82. The molecule has 0 amide bonds. The normalized spacial score (nSPS) is 22.6. The van der Waals surface area contributed by atoms with Crippen LogP contribution in [-0.4, -0.2) is 49.6 Å². The van der Waals surface area contributed by atoms with Crippen LogP contribution in [0.3, 0.4) is 0 Å². The summed E-state index contributed by atoms with van der Waals surface area (Å²) < 4.78 is 28.3. The molecule has 2 atom stereocenters. The maximum Gasteiger partial charge on any atom is 0.216 e. The second-order valence-electron chi connectivity index (χ2n) is 5.08. The molecule has 1 aliphatic rings. The Kier molecular flexibility index (Phi) is 4.93. The van der Waals surface area contributed by atoms with Crippen molar-refractivity contribution in [2.24, 2.45) is 5.92 Å². The third-order valence-electron chi connectivity index (χ3n) is 3.64. The molecule has 112 valence electrons. The molecule has 6 nitrogen and oxygen atoms in total. The lowest BCUT2D eigenvalue weighted by Crippen LogP contribution is -2.38. The standard InChI is InChI=1S/C13H21N3O3S/c1-3-14-12(10-4-5-20(17,18)8-10)6-11-7-13(19-2)16-9-15-11/h7,9-10,12,14H,3-6,8H2,1-2H3. The van der Waals surface area contributed by atoms with E-state index < -0.39 is 9.84 Å². The lowest BCUT2D eigenvalue weighted by molar-refractivity contribution is 0.377. The number of sulfone groups is 1. The number of rotatable bonds is 6. The number of ether oxygens (including phenoxy) is 1. The fourth-order valence-corrected chi connectivity index (χ4v) is 4.51. The van der Waals surface area contributed by atoms with Crippen LogP contribution in [0, 0.1) is 5.92 Å². The predicted molar refractivity (Wildman–Crippen MR) is 76.5 cm³/mol. The SMILES string of the molecule is CCNC(Cc1cc(OC)ncn1)C1CCS(=O)(=O)C1. The molecule has 0 spiro atoms. The summed E-state index contributed by atoms with van der Waals surface area (Å²) in [7, 11) is -1.29. The summed E-state index contributed by atoms with van der Waals surface area (Å²) in [6.45, 7) is 2.83. The van der Waals surface area contributed by atoms with E-state index in [0.29, 0.717) is 18.1 Å². The van der Waals surface area contributed by atoms with E-state index in [0.717, 1.165) is 18.7 Å².